The number of pyridine rings is 1. The van der Waals surface area contributed by atoms with Gasteiger partial charge in [-0.05, 0) is 26.8 Å². The van der Waals surface area contributed by atoms with Crippen molar-refractivity contribution in [3.05, 3.63) is 29.8 Å². The molecule has 0 saturated heterocycles. The fraction of sp³-hybridized carbons (Fsp3) is 0.500. The Hall–Kier alpha value is -1.50. The molecule has 0 radical (unpaired) electrons. The van der Waals surface area contributed by atoms with E-state index in [1.807, 2.05) is 0 Å². The van der Waals surface area contributed by atoms with Gasteiger partial charge in [0.1, 0.15) is 0 Å². The molecule has 0 aliphatic carbocycles. The summed E-state index contributed by atoms with van der Waals surface area (Å²) in [6, 6.07) is 2.35. The first-order chi connectivity index (χ1) is 8.63. The van der Waals surface area contributed by atoms with Crippen LogP contribution in [0.25, 0.3) is 0 Å². The molecule has 19 heavy (non-hydrogen) atoms. The maximum Gasteiger partial charge on any atom is 0.251 e. The van der Waals surface area contributed by atoms with Gasteiger partial charge in [0, 0.05) is 24.4 Å². The van der Waals surface area contributed by atoms with Gasteiger partial charge in [0.15, 0.2) is 9.84 Å². The van der Waals surface area contributed by atoms with E-state index in [0.29, 0.717) is 0 Å². The first-order valence-electron chi connectivity index (χ1n) is 5.75. The standard InChI is InChI=1S/C12H17FN2O3S/c1-12(2,3)19(17,18)7-6-15-11(16)9-4-5-14-10(13)8-9/h4-5,8H,6-7H2,1-3H3,(H,15,16). The second kappa shape index (κ2) is 5.64. The van der Waals surface area contributed by atoms with Gasteiger partial charge in [-0.25, -0.2) is 13.4 Å². The van der Waals surface area contributed by atoms with E-state index in [-0.39, 0.29) is 17.9 Å². The topological polar surface area (TPSA) is 76.1 Å². The van der Waals surface area contributed by atoms with E-state index >= 15 is 0 Å². The summed E-state index contributed by atoms with van der Waals surface area (Å²) in [5.41, 5.74) is 0.112. The number of hydrogen-bond donors (Lipinski definition) is 1. The van der Waals surface area contributed by atoms with Gasteiger partial charge in [-0.2, -0.15) is 4.39 Å². The van der Waals surface area contributed by atoms with Crippen LogP contribution >= 0.6 is 0 Å². The Bertz CT molecular complexity index is 565. The highest BCUT2D eigenvalue weighted by atomic mass is 32.2. The summed E-state index contributed by atoms with van der Waals surface area (Å²) >= 11 is 0. The average Bonchev–Trinajstić information content (AvgIpc) is 2.27. The third-order valence-electron chi connectivity index (χ3n) is 2.58. The number of nitrogens with one attached hydrogen (secondary N) is 1. The van der Waals surface area contributed by atoms with Crippen LogP contribution in [0.4, 0.5) is 4.39 Å². The molecule has 0 unspecified atom stereocenters. The van der Waals surface area contributed by atoms with Crippen molar-refractivity contribution in [1.29, 1.82) is 0 Å². The number of rotatable bonds is 4. The monoisotopic (exact) mass is 288 g/mol. The molecule has 0 bridgehead atoms. The van der Waals surface area contributed by atoms with E-state index < -0.39 is 26.4 Å². The molecular formula is C12H17FN2O3S. The number of hydrogen-bond acceptors (Lipinski definition) is 4. The number of aromatic nitrogens is 1. The van der Waals surface area contributed by atoms with E-state index in [2.05, 4.69) is 10.3 Å². The molecule has 106 valence electrons. The van der Waals surface area contributed by atoms with E-state index in [0.717, 1.165) is 6.07 Å². The van der Waals surface area contributed by atoms with Crippen molar-refractivity contribution in [3.8, 4) is 0 Å². The molecular weight excluding hydrogens is 271 g/mol. The van der Waals surface area contributed by atoms with E-state index in [9.17, 15) is 17.6 Å². The highest BCUT2D eigenvalue weighted by Gasteiger charge is 2.28. The predicted octanol–water partition coefficient (Wildman–Crippen LogP) is 1.16. The van der Waals surface area contributed by atoms with Gasteiger partial charge in [-0.1, -0.05) is 0 Å². The van der Waals surface area contributed by atoms with Crippen molar-refractivity contribution < 1.29 is 17.6 Å². The Kier molecular flexibility index (Phi) is 4.62. The van der Waals surface area contributed by atoms with Crippen LogP contribution in [0.5, 0.6) is 0 Å². The van der Waals surface area contributed by atoms with E-state index in [1.54, 1.807) is 20.8 Å². The number of carbonyl (C=O) groups is 1. The van der Waals surface area contributed by atoms with Gasteiger partial charge in [0.05, 0.1) is 10.5 Å². The quantitative estimate of drug-likeness (QED) is 0.844. The van der Waals surface area contributed by atoms with Crippen LogP contribution < -0.4 is 5.32 Å². The molecule has 0 saturated carbocycles. The molecule has 1 rings (SSSR count). The zero-order chi connectivity index (χ0) is 14.7. The third kappa shape index (κ3) is 4.27. The van der Waals surface area contributed by atoms with Crippen LogP contribution in [0, 0.1) is 5.95 Å². The minimum absolute atomic E-state index is 0.0115. The smallest absolute Gasteiger partial charge is 0.251 e. The molecule has 1 aromatic rings. The first-order valence-corrected chi connectivity index (χ1v) is 7.41. The fourth-order valence-electron chi connectivity index (χ4n) is 1.25. The molecule has 5 nitrogen and oxygen atoms in total. The van der Waals surface area contributed by atoms with E-state index in [4.69, 9.17) is 0 Å². The molecule has 0 fully saturated rings. The molecule has 0 atom stereocenters. The van der Waals surface area contributed by atoms with Crippen molar-refractivity contribution >= 4 is 15.7 Å². The Labute approximate surface area is 112 Å². The summed E-state index contributed by atoms with van der Waals surface area (Å²) in [4.78, 5) is 15.0. The normalized spacial score (nSPS) is 12.2. The van der Waals surface area contributed by atoms with Crippen LogP contribution in [-0.2, 0) is 9.84 Å². The fourth-order valence-corrected chi connectivity index (χ4v) is 2.23. The minimum Gasteiger partial charge on any atom is -0.351 e. The predicted molar refractivity (Wildman–Crippen MR) is 70.1 cm³/mol. The number of carbonyl (C=O) groups excluding carboxylic acids is 1. The SMILES string of the molecule is CC(C)(C)S(=O)(=O)CCNC(=O)c1ccnc(F)c1. The maximum atomic E-state index is 12.8. The van der Waals surface area contributed by atoms with Crippen molar-refractivity contribution in [3.63, 3.8) is 0 Å². The van der Waals surface area contributed by atoms with Crippen LogP contribution in [0.3, 0.4) is 0 Å². The van der Waals surface area contributed by atoms with Crippen molar-refractivity contribution in [2.24, 2.45) is 0 Å². The van der Waals surface area contributed by atoms with Gasteiger partial charge in [-0.15, -0.1) is 0 Å². The summed E-state index contributed by atoms with van der Waals surface area (Å²) in [7, 11) is -3.28. The Balaban J connectivity index is 2.58. The van der Waals surface area contributed by atoms with Gasteiger partial charge in [-0.3, -0.25) is 4.79 Å². The number of sulfone groups is 1. The second-order valence-electron chi connectivity index (χ2n) is 5.05. The number of nitrogens with zero attached hydrogens (tertiary/aromatic N) is 1. The van der Waals surface area contributed by atoms with Crippen LogP contribution in [0.15, 0.2) is 18.3 Å². The second-order valence-corrected chi connectivity index (χ2v) is 7.92. The molecule has 1 amide bonds. The third-order valence-corrected chi connectivity index (χ3v) is 5.19. The molecule has 1 N–H and O–H groups in total. The highest BCUT2D eigenvalue weighted by Crippen LogP contribution is 2.15. The number of amides is 1. The van der Waals surface area contributed by atoms with Gasteiger partial charge in [0.2, 0.25) is 5.95 Å². The van der Waals surface area contributed by atoms with Crippen LogP contribution in [-0.4, -0.2) is 36.4 Å². The Morgan fingerprint density at radius 1 is 1.42 bits per heavy atom. The van der Waals surface area contributed by atoms with Gasteiger partial charge in [0.25, 0.3) is 5.91 Å². The largest absolute Gasteiger partial charge is 0.351 e. The summed E-state index contributed by atoms with van der Waals surface area (Å²) in [6.45, 7) is 4.79. The van der Waals surface area contributed by atoms with Gasteiger partial charge >= 0.3 is 0 Å². The minimum atomic E-state index is -3.28. The molecule has 0 spiro atoms. The van der Waals surface area contributed by atoms with E-state index in [1.165, 1.54) is 12.3 Å². The van der Waals surface area contributed by atoms with Crippen molar-refractivity contribution in [1.82, 2.24) is 10.3 Å². The molecule has 0 aliphatic rings. The number of halogens is 1. The molecule has 7 heteroatoms. The highest BCUT2D eigenvalue weighted by molar-refractivity contribution is 7.92. The summed E-state index contributed by atoms with van der Waals surface area (Å²) in [5, 5.41) is 2.44. The lowest BCUT2D eigenvalue weighted by Gasteiger charge is -2.19. The lowest BCUT2D eigenvalue weighted by Crippen LogP contribution is -2.36. The van der Waals surface area contributed by atoms with Crippen molar-refractivity contribution in [2.45, 2.75) is 25.5 Å². The first kappa shape index (κ1) is 15.6. The van der Waals surface area contributed by atoms with Crippen LogP contribution in [0.1, 0.15) is 31.1 Å². The van der Waals surface area contributed by atoms with Gasteiger partial charge < -0.3 is 5.32 Å². The molecule has 1 heterocycles. The average molecular weight is 288 g/mol. The lowest BCUT2D eigenvalue weighted by molar-refractivity contribution is 0.0955. The lowest BCUT2D eigenvalue weighted by atomic mass is 10.2. The zero-order valence-electron chi connectivity index (χ0n) is 11.1. The summed E-state index contributed by atoms with van der Waals surface area (Å²) < 4.78 is 35.6. The molecule has 0 aliphatic heterocycles. The summed E-state index contributed by atoms with van der Waals surface area (Å²) in [6.07, 6.45) is 1.18. The van der Waals surface area contributed by atoms with Crippen molar-refractivity contribution in [2.75, 3.05) is 12.3 Å². The molecule has 0 aromatic carbocycles. The molecule has 1 aromatic heterocycles. The maximum absolute atomic E-state index is 12.8. The zero-order valence-corrected chi connectivity index (χ0v) is 11.9. The Morgan fingerprint density at radius 2 is 2.05 bits per heavy atom. The van der Waals surface area contributed by atoms with Crippen LogP contribution in [0.2, 0.25) is 0 Å². The Morgan fingerprint density at radius 3 is 2.58 bits per heavy atom. The summed E-state index contributed by atoms with van der Waals surface area (Å²) in [5.74, 6) is -1.43.